The van der Waals surface area contributed by atoms with E-state index in [4.69, 9.17) is 0 Å². The van der Waals surface area contributed by atoms with Crippen LogP contribution < -0.4 is 15.3 Å². The van der Waals surface area contributed by atoms with Crippen LogP contribution in [0, 0.1) is 13.8 Å². The largest absolute Gasteiger partial charge is 0.328 e. The number of carbonyl (C=O) groups is 1. The fourth-order valence-corrected chi connectivity index (χ4v) is 4.04. The van der Waals surface area contributed by atoms with Crippen molar-refractivity contribution in [2.24, 2.45) is 14.1 Å². The third kappa shape index (κ3) is 4.04. The molecule has 2 aromatic carbocycles. The van der Waals surface area contributed by atoms with Gasteiger partial charge in [-0.1, -0.05) is 6.07 Å². The summed E-state index contributed by atoms with van der Waals surface area (Å²) in [4.78, 5) is 24.6. The maximum Gasteiger partial charge on any atom is 0.328 e. The Labute approximate surface area is 169 Å². The van der Waals surface area contributed by atoms with Gasteiger partial charge in [0, 0.05) is 19.8 Å². The summed E-state index contributed by atoms with van der Waals surface area (Å²) in [6, 6.07) is 10.4. The van der Waals surface area contributed by atoms with E-state index in [2.05, 4.69) is 5.32 Å². The zero-order valence-corrected chi connectivity index (χ0v) is 17.9. The molecular weight excluding hydrogens is 392 g/mol. The Morgan fingerprint density at radius 2 is 1.66 bits per heavy atom. The maximum atomic E-state index is 12.6. The number of imidazole rings is 1. The lowest BCUT2D eigenvalue weighted by Crippen LogP contribution is -2.37. The molecule has 29 heavy (non-hydrogen) atoms. The second kappa shape index (κ2) is 7.40. The van der Waals surface area contributed by atoms with Gasteiger partial charge in [-0.3, -0.25) is 18.2 Å². The van der Waals surface area contributed by atoms with E-state index in [1.165, 1.54) is 9.13 Å². The number of nitrogens with zero attached hydrogens (tertiary/aromatic N) is 3. The number of amides is 1. The average molecular weight is 417 g/mol. The number of aromatic nitrogens is 2. The molecule has 8 nitrogen and oxygen atoms in total. The van der Waals surface area contributed by atoms with Gasteiger partial charge >= 0.3 is 5.69 Å². The number of benzene rings is 2. The zero-order chi connectivity index (χ0) is 21.5. The molecule has 3 rings (SSSR count). The molecule has 0 radical (unpaired) electrons. The highest BCUT2D eigenvalue weighted by atomic mass is 32.2. The lowest BCUT2D eigenvalue weighted by Gasteiger charge is -2.22. The van der Waals surface area contributed by atoms with Crippen molar-refractivity contribution in [2.45, 2.75) is 13.8 Å². The fraction of sp³-hybridized carbons (Fsp3) is 0.300. The highest BCUT2D eigenvalue weighted by Gasteiger charge is 2.21. The van der Waals surface area contributed by atoms with Crippen molar-refractivity contribution in [3.63, 3.8) is 0 Å². The fourth-order valence-electron chi connectivity index (χ4n) is 3.20. The first-order chi connectivity index (χ1) is 13.5. The molecule has 0 saturated carbocycles. The van der Waals surface area contributed by atoms with E-state index in [1.807, 2.05) is 19.9 Å². The van der Waals surface area contributed by atoms with Crippen LogP contribution in [-0.4, -0.2) is 36.3 Å². The molecule has 0 aliphatic heterocycles. The smallest absolute Gasteiger partial charge is 0.324 e. The number of sulfonamides is 1. The highest BCUT2D eigenvalue weighted by molar-refractivity contribution is 7.92. The van der Waals surface area contributed by atoms with Gasteiger partial charge < -0.3 is 5.32 Å². The van der Waals surface area contributed by atoms with Crippen molar-refractivity contribution in [3.05, 3.63) is 58.0 Å². The zero-order valence-electron chi connectivity index (χ0n) is 17.1. The summed E-state index contributed by atoms with van der Waals surface area (Å²) in [5, 5.41) is 2.72. The topological polar surface area (TPSA) is 93.4 Å². The molecule has 0 fully saturated rings. The molecule has 0 aliphatic carbocycles. The van der Waals surface area contributed by atoms with Gasteiger partial charge in [0.1, 0.15) is 6.54 Å². The van der Waals surface area contributed by atoms with E-state index in [-0.39, 0.29) is 12.2 Å². The summed E-state index contributed by atoms with van der Waals surface area (Å²) in [7, 11) is -0.324. The van der Waals surface area contributed by atoms with Crippen LogP contribution in [0.25, 0.3) is 11.0 Å². The van der Waals surface area contributed by atoms with Crippen LogP contribution in [0.5, 0.6) is 0 Å². The van der Waals surface area contributed by atoms with Gasteiger partial charge in [-0.25, -0.2) is 13.2 Å². The monoisotopic (exact) mass is 416 g/mol. The van der Waals surface area contributed by atoms with Crippen LogP contribution in [0.3, 0.4) is 0 Å². The number of carbonyl (C=O) groups excluding carboxylic acids is 1. The molecule has 1 amide bonds. The van der Waals surface area contributed by atoms with E-state index < -0.39 is 15.9 Å². The van der Waals surface area contributed by atoms with Crippen LogP contribution in [0.15, 0.2) is 41.2 Å². The van der Waals surface area contributed by atoms with Gasteiger partial charge in [-0.15, -0.1) is 0 Å². The average Bonchev–Trinajstić information content (AvgIpc) is 2.85. The summed E-state index contributed by atoms with van der Waals surface area (Å²) in [6.45, 7) is 3.47. The van der Waals surface area contributed by atoms with Crippen molar-refractivity contribution in [1.82, 2.24) is 9.13 Å². The first-order valence-corrected chi connectivity index (χ1v) is 10.8. The van der Waals surface area contributed by atoms with Crippen molar-refractivity contribution in [1.29, 1.82) is 0 Å². The van der Waals surface area contributed by atoms with E-state index in [9.17, 15) is 18.0 Å². The van der Waals surface area contributed by atoms with Crippen molar-refractivity contribution in [3.8, 4) is 0 Å². The predicted octanol–water partition coefficient (Wildman–Crippen LogP) is 1.90. The van der Waals surface area contributed by atoms with Gasteiger partial charge in [-0.05, 0) is 55.3 Å². The predicted molar refractivity (Wildman–Crippen MR) is 115 cm³/mol. The summed E-state index contributed by atoms with van der Waals surface area (Å²) in [5.41, 5.74) is 4.14. The molecule has 1 aromatic heterocycles. The van der Waals surface area contributed by atoms with E-state index in [0.717, 1.165) is 27.2 Å². The van der Waals surface area contributed by atoms with E-state index >= 15 is 0 Å². The van der Waals surface area contributed by atoms with Gasteiger partial charge in [0.15, 0.2) is 0 Å². The minimum atomic E-state index is -3.65. The molecule has 0 atom stereocenters. The summed E-state index contributed by atoms with van der Waals surface area (Å²) >= 11 is 0. The Morgan fingerprint density at radius 1 is 1.00 bits per heavy atom. The quantitative estimate of drug-likeness (QED) is 0.687. The Kier molecular flexibility index (Phi) is 5.27. The van der Waals surface area contributed by atoms with Crippen LogP contribution in [-0.2, 0) is 28.9 Å². The van der Waals surface area contributed by atoms with Gasteiger partial charge in [0.2, 0.25) is 15.9 Å². The SMILES string of the molecule is Cc1ccc(N(CC(=O)Nc2ccc3c(c2)n(C)c(=O)n3C)S(C)(=O)=O)cc1C. The minimum absolute atomic E-state index is 0.165. The molecule has 0 unspecified atom stereocenters. The third-order valence-corrected chi connectivity index (χ3v) is 6.16. The van der Waals surface area contributed by atoms with Crippen LogP contribution in [0.2, 0.25) is 0 Å². The number of hydrogen-bond acceptors (Lipinski definition) is 4. The molecule has 9 heteroatoms. The standard InChI is InChI=1S/C20H24N4O4S/c1-13-6-8-16(10-14(13)2)24(29(5,27)28)12-19(25)21-15-7-9-17-18(11-15)23(4)20(26)22(17)3/h6-11H,12H2,1-5H3,(H,21,25). The minimum Gasteiger partial charge on any atom is -0.324 e. The number of hydrogen-bond donors (Lipinski definition) is 1. The summed E-state index contributed by atoms with van der Waals surface area (Å²) < 4.78 is 28.6. The molecular formula is C20H24N4O4S. The Hall–Kier alpha value is -3.07. The molecule has 0 bridgehead atoms. The van der Waals surface area contributed by atoms with Crippen molar-refractivity contribution >= 4 is 38.3 Å². The van der Waals surface area contributed by atoms with Crippen LogP contribution in [0.4, 0.5) is 11.4 Å². The Bertz CT molecular complexity index is 1270. The number of nitrogens with one attached hydrogen (secondary N) is 1. The van der Waals surface area contributed by atoms with Crippen molar-refractivity contribution < 1.29 is 13.2 Å². The lowest BCUT2D eigenvalue weighted by molar-refractivity contribution is -0.114. The second-order valence-electron chi connectivity index (χ2n) is 7.19. The maximum absolute atomic E-state index is 12.6. The van der Waals surface area contributed by atoms with Gasteiger partial charge in [0.25, 0.3) is 0 Å². The van der Waals surface area contributed by atoms with Gasteiger partial charge in [-0.2, -0.15) is 0 Å². The normalized spacial score (nSPS) is 11.6. The van der Waals surface area contributed by atoms with Crippen LogP contribution >= 0.6 is 0 Å². The van der Waals surface area contributed by atoms with E-state index in [1.54, 1.807) is 44.4 Å². The number of anilines is 2. The number of aryl methyl sites for hydroxylation is 4. The molecule has 0 aliphatic rings. The first kappa shape index (κ1) is 20.7. The molecule has 0 saturated heterocycles. The Balaban J connectivity index is 1.87. The highest BCUT2D eigenvalue weighted by Crippen LogP contribution is 2.22. The molecule has 1 N–H and O–H groups in total. The molecule has 0 spiro atoms. The van der Waals surface area contributed by atoms with Crippen molar-refractivity contribution in [2.75, 3.05) is 22.4 Å². The lowest BCUT2D eigenvalue weighted by atomic mass is 10.1. The van der Waals surface area contributed by atoms with Gasteiger partial charge in [0.05, 0.1) is 23.0 Å². The first-order valence-electron chi connectivity index (χ1n) is 8.99. The second-order valence-corrected chi connectivity index (χ2v) is 9.10. The van der Waals surface area contributed by atoms with Crippen LogP contribution in [0.1, 0.15) is 11.1 Å². The number of rotatable bonds is 5. The molecule has 154 valence electrons. The summed E-state index contributed by atoms with van der Waals surface area (Å²) in [5.74, 6) is -0.478. The molecule has 1 heterocycles. The molecule has 3 aromatic rings. The van der Waals surface area contributed by atoms with E-state index in [0.29, 0.717) is 16.9 Å². The Morgan fingerprint density at radius 3 is 2.28 bits per heavy atom. The third-order valence-electron chi connectivity index (χ3n) is 5.02. The summed E-state index contributed by atoms with van der Waals surface area (Å²) in [6.07, 6.45) is 1.07. The number of fused-ring (bicyclic) bond motifs is 1.